The molecule has 0 unspecified atom stereocenters. The lowest BCUT2D eigenvalue weighted by Gasteiger charge is -2.45. The zero-order valence-electron chi connectivity index (χ0n) is 15.7. The fraction of sp³-hybridized carbons (Fsp3) is 0.478. The standard InChI is InChI=1S/C23H31N3/c24-23(21-9-5-2-6-10-21)13-11-22(12-14-23)26-17-15-25(16-18-26)19-20-7-3-1-4-8-20/h1-10,22H,11-19,24H2. The van der Waals surface area contributed by atoms with Crippen molar-refractivity contribution in [2.45, 2.75) is 43.8 Å². The van der Waals surface area contributed by atoms with Crippen LogP contribution in [0.5, 0.6) is 0 Å². The van der Waals surface area contributed by atoms with Crippen molar-refractivity contribution in [3.8, 4) is 0 Å². The van der Waals surface area contributed by atoms with Crippen molar-refractivity contribution in [2.75, 3.05) is 26.2 Å². The van der Waals surface area contributed by atoms with E-state index in [-0.39, 0.29) is 5.54 Å². The van der Waals surface area contributed by atoms with Gasteiger partial charge in [-0.15, -0.1) is 0 Å². The maximum Gasteiger partial charge on any atom is 0.0410 e. The monoisotopic (exact) mass is 349 g/mol. The molecule has 2 fully saturated rings. The second kappa shape index (κ2) is 7.91. The summed E-state index contributed by atoms with van der Waals surface area (Å²) in [5.74, 6) is 0. The first-order valence-electron chi connectivity index (χ1n) is 10.1. The van der Waals surface area contributed by atoms with Gasteiger partial charge in [0.05, 0.1) is 0 Å². The highest BCUT2D eigenvalue weighted by atomic mass is 15.3. The molecular formula is C23H31N3. The molecule has 1 saturated heterocycles. The Morgan fingerprint density at radius 2 is 1.38 bits per heavy atom. The Bertz CT molecular complexity index is 669. The van der Waals surface area contributed by atoms with Crippen LogP contribution in [0.1, 0.15) is 36.8 Å². The third kappa shape index (κ3) is 4.01. The van der Waals surface area contributed by atoms with E-state index in [4.69, 9.17) is 5.73 Å². The van der Waals surface area contributed by atoms with Crippen LogP contribution in [0.2, 0.25) is 0 Å². The second-order valence-electron chi connectivity index (χ2n) is 8.05. The number of benzene rings is 2. The molecule has 2 aliphatic rings. The number of hydrogen-bond donors (Lipinski definition) is 1. The van der Waals surface area contributed by atoms with Crippen LogP contribution in [0.4, 0.5) is 0 Å². The molecule has 2 N–H and O–H groups in total. The highest BCUT2D eigenvalue weighted by molar-refractivity contribution is 5.24. The van der Waals surface area contributed by atoms with Gasteiger partial charge in [0.25, 0.3) is 0 Å². The van der Waals surface area contributed by atoms with Crippen molar-refractivity contribution in [1.29, 1.82) is 0 Å². The predicted octanol–water partition coefficient (Wildman–Crippen LogP) is 3.60. The topological polar surface area (TPSA) is 32.5 Å². The Balaban J connectivity index is 1.27. The summed E-state index contributed by atoms with van der Waals surface area (Å²) in [5.41, 5.74) is 9.37. The van der Waals surface area contributed by atoms with Crippen molar-refractivity contribution >= 4 is 0 Å². The zero-order valence-corrected chi connectivity index (χ0v) is 15.7. The van der Waals surface area contributed by atoms with Gasteiger partial charge in [0.15, 0.2) is 0 Å². The third-order valence-electron chi connectivity index (χ3n) is 6.37. The van der Waals surface area contributed by atoms with Crippen LogP contribution in [-0.2, 0) is 12.1 Å². The average Bonchev–Trinajstić information content (AvgIpc) is 2.71. The van der Waals surface area contributed by atoms with E-state index in [2.05, 4.69) is 70.5 Å². The summed E-state index contributed by atoms with van der Waals surface area (Å²) in [5, 5.41) is 0. The first-order chi connectivity index (χ1) is 12.7. The average molecular weight is 350 g/mol. The van der Waals surface area contributed by atoms with Crippen molar-refractivity contribution in [3.05, 3.63) is 71.8 Å². The van der Waals surface area contributed by atoms with E-state index >= 15 is 0 Å². The van der Waals surface area contributed by atoms with Crippen molar-refractivity contribution in [1.82, 2.24) is 9.80 Å². The van der Waals surface area contributed by atoms with E-state index in [1.165, 1.54) is 50.1 Å². The minimum Gasteiger partial charge on any atom is -0.321 e. The SMILES string of the molecule is NC1(c2ccccc2)CCC(N2CCN(Cc3ccccc3)CC2)CC1. The number of piperazine rings is 1. The number of nitrogens with two attached hydrogens (primary N) is 1. The van der Waals surface area contributed by atoms with Crippen LogP contribution in [0.15, 0.2) is 60.7 Å². The van der Waals surface area contributed by atoms with E-state index in [1.807, 2.05) is 0 Å². The Morgan fingerprint density at radius 3 is 2.00 bits per heavy atom. The van der Waals surface area contributed by atoms with Crippen molar-refractivity contribution in [3.63, 3.8) is 0 Å². The Kier molecular flexibility index (Phi) is 5.39. The van der Waals surface area contributed by atoms with Gasteiger partial charge in [0, 0.05) is 44.3 Å². The molecule has 2 aromatic carbocycles. The molecule has 4 rings (SSSR count). The van der Waals surface area contributed by atoms with Gasteiger partial charge in [0.2, 0.25) is 0 Å². The molecular weight excluding hydrogens is 318 g/mol. The molecule has 1 saturated carbocycles. The Hall–Kier alpha value is -1.68. The molecule has 0 bridgehead atoms. The van der Waals surface area contributed by atoms with Gasteiger partial charge in [-0.25, -0.2) is 0 Å². The molecule has 138 valence electrons. The summed E-state index contributed by atoms with van der Waals surface area (Å²) >= 11 is 0. The van der Waals surface area contributed by atoms with Gasteiger partial charge in [0.1, 0.15) is 0 Å². The normalized spacial score (nSPS) is 28.1. The number of hydrogen-bond acceptors (Lipinski definition) is 3. The van der Waals surface area contributed by atoms with Gasteiger partial charge >= 0.3 is 0 Å². The van der Waals surface area contributed by atoms with Crippen LogP contribution in [0.25, 0.3) is 0 Å². The first-order valence-corrected chi connectivity index (χ1v) is 10.1. The molecule has 0 amide bonds. The van der Waals surface area contributed by atoms with Crippen LogP contribution in [-0.4, -0.2) is 42.0 Å². The highest BCUT2D eigenvalue weighted by Gasteiger charge is 2.35. The number of rotatable bonds is 4. The summed E-state index contributed by atoms with van der Waals surface area (Å²) in [6, 6.07) is 22.3. The van der Waals surface area contributed by atoms with E-state index in [9.17, 15) is 0 Å². The third-order valence-corrected chi connectivity index (χ3v) is 6.37. The van der Waals surface area contributed by atoms with Gasteiger partial charge in [-0.3, -0.25) is 9.80 Å². The minimum atomic E-state index is -0.118. The fourth-order valence-electron chi connectivity index (χ4n) is 4.67. The molecule has 26 heavy (non-hydrogen) atoms. The van der Waals surface area contributed by atoms with Crippen LogP contribution in [0, 0.1) is 0 Å². The molecule has 1 heterocycles. The van der Waals surface area contributed by atoms with Crippen molar-refractivity contribution in [2.24, 2.45) is 5.73 Å². The van der Waals surface area contributed by atoms with Gasteiger partial charge in [-0.2, -0.15) is 0 Å². The summed E-state index contributed by atoms with van der Waals surface area (Å²) in [7, 11) is 0. The van der Waals surface area contributed by atoms with Crippen LogP contribution in [0.3, 0.4) is 0 Å². The molecule has 0 aromatic heterocycles. The first kappa shape index (κ1) is 17.7. The lowest BCUT2D eigenvalue weighted by atomic mass is 9.75. The van der Waals surface area contributed by atoms with E-state index < -0.39 is 0 Å². The van der Waals surface area contributed by atoms with E-state index in [1.54, 1.807) is 0 Å². The molecule has 1 aliphatic carbocycles. The Labute approximate surface area is 157 Å². The van der Waals surface area contributed by atoms with Gasteiger partial charge < -0.3 is 5.73 Å². The minimum absolute atomic E-state index is 0.118. The molecule has 1 aliphatic heterocycles. The van der Waals surface area contributed by atoms with Crippen LogP contribution < -0.4 is 5.73 Å². The largest absolute Gasteiger partial charge is 0.321 e. The molecule has 2 aromatic rings. The lowest BCUT2D eigenvalue weighted by molar-refractivity contribution is 0.0626. The number of nitrogens with zero attached hydrogens (tertiary/aromatic N) is 2. The summed E-state index contributed by atoms with van der Waals surface area (Å²) in [6.45, 7) is 5.83. The van der Waals surface area contributed by atoms with Crippen LogP contribution >= 0.6 is 0 Å². The second-order valence-corrected chi connectivity index (χ2v) is 8.05. The molecule has 3 nitrogen and oxygen atoms in total. The summed E-state index contributed by atoms with van der Waals surface area (Å²) in [6.07, 6.45) is 4.66. The zero-order chi connectivity index (χ0) is 17.8. The smallest absolute Gasteiger partial charge is 0.0410 e. The van der Waals surface area contributed by atoms with E-state index in [0.29, 0.717) is 6.04 Å². The summed E-state index contributed by atoms with van der Waals surface area (Å²) in [4.78, 5) is 5.30. The quantitative estimate of drug-likeness (QED) is 0.915. The maximum atomic E-state index is 6.75. The molecule has 0 spiro atoms. The van der Waals surface area contributed by atoms with Crippen molar-refractivity contribution < 1.29 is 0 Å². The Morgan fingerprint density at radius 1 is 0.808 bits per heavy atom. The molecule has 0 radical (unpaired) electrons. The molecule has 0 atom stereocenters. The summed E-state index contributed by atoms with van der Waals surface area (Å²) < 4.78 is 0. The lowest BCUT2D eigenvalue weighted by Crippen LogP contribution is -2.53. The van der Waals surface area contributed by atoms with Gasteiger partial charge in [-0.05, 0) is 36.8 Å². The van der Waals surface area contributed by atoms with E-state index in [0.717, 1.165) is 19.4 Å². The highest BCUT2D eigenvalue weighted by Crippen LogP contribution is 2.36. The fourth-order valence-corrected chi connectivity index (χ4v) is 4.67. The van der Waals surface area contributed by atoms with Gasteiger partial charge in [-0.1, -0.05) is 60.7 Å². The molecule has 3 heteroatoms. The maximum absolute atomic E-state index is 6.75. The predicted molar refractivity (Wildman–Crippen MR) is 108 cm³/mol.